The Kier molecular flexibility index (Phi) is 5.56. The van der Waals surface area contributed by atoms with Crippen molar-refractivity contribution in [2.24, 2.45) is 0 Å². The number of anilines is 1. The molecule has 19 heavy (non-hydrogen) atoms. The number of ether oxygens (including phenoxy) is 1. The molecule has 0 spiro atoms. The summed E-state index contributed by atoms with van der Waals surface area (Å²) in [5.74, 6) is 0.0195. The molecule has 3 N–H and O–H groups in total. The Morgan fingerprint density at radius 3 is 2.79 bits per heavy atom. The van der Waals surface area contributed by atoms with E-state index in [-0.39, 0.29) is 18.0 Å². The number of aromatic nitrogens is 2. The number of hydrogen-bond donors (Lipinski definition) is 2. The van der Waals surface area contributed by atoms with Crippen LogP contribution in [0.1, 0.15) is 37.6 Å². The first kappa shape index (κ1) is 15.7. The summed E-state index contributed by atoms with van der Waals surface area (Å²) in [5.41, 5.74) is 5.08. The lowest BCUT2D eigenvalue weighted by molar-refractivity contribution is 0.0526. The Hall–Kier alpha value is -1.34. The number of rotatable bonds is 6. The molecule has 1 rings (SSSR count). The predicted octanol–water partition coefficient (Wildman–Crippen LogP) is 1.49. The van der Waals surface area contributed by atoms with Gasteiger partial charge in [0.15, 0.2) is 5.16 Å². The van der Waals surface area contributed by atoms with Gasteiger partial charge in [0.05, 0.1) is 12.2 Å². The number of carbonyl (C=O) groups excluding carboxylic acids is 1. The molecule has 1 unspecified atom stereocenters. The molecular weight excluding hydrogens is 266 g/mol. The van der Waals surface area contributed by atoms with Gasteiger partial charge in [-0.25, -0.2) is 14.8 Å². The normalized spacial score (nSPS) is 13.9. The van der Waals surface area contributed by atoms with Crippen molar-refractivity contribution in [1.82, 2.24) is 9.97 Å². The second kappa shape index (κ2) is 6.72. The van der Waals surface area contributed by atoms with E-state index in [1.54, 1.807) is 13.8 Å². The maximum Gasteiger partial charge on any atom is 0.343 e. The summed E-state index contributed by atoms with van der Waals surface area (Å²) < 4.78 is 4.83. The number of nitrogens with two attached hydrogens (primary N) is 1. The number of aliphatic hydroxyl groups is 1. The van der Waals surface area contributed by atoms with Crippen molar-refractivity contribution in [2.75, 3.05) is 18.1 Å². The van der Waals surface area contributed by atoms with Crippen molar-refractivity contribution in [1.29, 1.82) is 0 Å². The van der Waals surface area contributed by atoms with Crippen molar-refractivity contribution in [3.05, 3.63) is 11.8 Å². The highest BCUT2D eigenvalue weighted by atomic mass is 32.2. The number of thioether (sulfide) groups is 1. The molecule has 0 aliphatic heterocycles. The third-order valence-electron chi connectivity index (χ3n) is 2.57. The van der Waals surface area contributed by atoms with Crippen LogP contribution in [0.25, 0.3) is 0 Å². The molecule has 0 aliphatic rings. The fourth-order valence-electron chi connectivity index (χ4n) is 1.14. The van der Waals surface area contributed by atoms with Crippen LogP contribution in [-0.2, 0) is 4.74 Å². The average molecular weight is 285 g/mol. The first-order chi connectivity index (χ1) is 8.89. The van der Waals surface area contributed by atoms with E-state index < -0.39 is 11.6 Å². The fraction of sp³-hybridized carbons (Fsp3) is 0.583. The minimum atomic E-state index is -0.775. The summed E-state index contributed by atoms with van der Waals surface area (Å²) in [6, 6.07) is 0. The molecule has 106 valence electrons. The molecule has 0 amide bonds. The zero-order valence-electron chi connectivity index (χ0n) is 11.3. The molecule has 1 aromatic rings. The zero-order chi connectivity index (χ0) is 14.5. The van der Waals surface area contributed by atoms with E-state index in [1.807, 2.05) is 6.92 Å². The first-order valence-corrected chi connectivity index (χ1v) is 7.03. The lowest BCUT2D eigenvalue weighted by Gasteiger charge is -2.19. The summed E-state index contributed by atoms with van der Waals surface area (Å²) in [6.45, 7) is 5.64. The SMILES string of the molecule is CCOC(=O)c1cnc(SCC(C)(O)CC)nc1N. The van der Waals surface area contributed by atoms with Gasteiger partial charge in [0, 0.05) is 11.9 Å². The van der Waals surface area contributed by atoms with Crippen molar-refractivity contribution >= 4 is 23.5 Å². The molecule has 0 aliphatic carbocycles. The summed E-state index contributed by atoms with van der Waals surface area (Å²) in [6.07, 6.45) is 1.99. The Bertz CT molecular complexity index is 452. The number of nitrogen functional groups attached to an aromatic ring is 1. The van der Waals surface area contributed by atoms with Crippen LogP contribution in [0.2, 0.25) is 0 Å². The molecule has 7 heteroatoms. The van der Waals surface area contributed by atoms with Gasteiger partial charge in [-0.1, -0.05) is 18.7 Å². The summed E-state index contributed by atoms with van der Waals surface area (Å²) >= 11 is 1.30. The predicted molar refractivity (Wildman–Crippen MR) is 74.0 cm³/mol. The number of hydrogen-bond acceptors (Lipinski definition) is 7. The zero-order valence-corrected chi connectivity index (χ0v) is 12.2. The largest absolute Gasteiger partial charge is 0.462 e. The molecule has 1 heterocycles. The highest BCUT2D eigenvalue weighted by Gasteiger charge is 2.19. The molecule has 1 atom stereocenters. The van der Waals surface area contributed by atoms with Crippen LogP contribution in [0.3, 0.4) is 0 Å². The third kappa shape index (κ3) is 4.68. The number of nitrogens with zero attached hydrogens (tertiary/aromatic N) is 2. The van der Waals surface area contributed by atoms with Crippen LogP contribution in [-0.4, -0.2) is 39.0 Å². The molecule has 0 radical (unpaired) electrons. The quantitative estimate of drug-likeness (QED) is 0.464. The average Bonchev–Trinajstić information content (AvgIpc) is 2.37. The van der Waals surface area contributed by atoms with Crippen molar-refractivity contribution in [3.63, 3.8) is 0 Å². The molecule has 6 nitrogen and oxygen atoms in total. The van der Waals surface area contributed by atoms with Gasteiger partial charge in [0.1, 0.15) is 11.4 Å². The smallest absolute Gasteiger partial charge is 0.343 e. The van der Waals surface area contributed by atoms with Gasteiger partial charge in [0.2, 0.25) is 0 Å². The lowest BCUT2D eigenvalue weighted by atomic mass is 10.1. The summed E-state index contributed by atoms with van der Waals surface area (Å²) in [7, 11) is 0. The van der Waals surface area contributed by atoms with Crippen LogP contribution < -0.4 is 5.73 Å². The standard InChI is InChI=1S/C12H19N3O3S/c1-4-12(3,17)7-19-11-14-6-8(9(13)15-11)10(16)18-5-2/h6,17H,4-5,7H2,1-3H3,(H2,13,14,15). The van der Waals surface area contributed by atoms with Crippen LogP contribution >= 0.6 is 11.8 Å². The second-order valence-electron chi connectivity index (χ2n) is 4.31. The Labute approximate surface area is 116 Å². The molecular formula is C12H19N3O3S. The topological polar surface area (TPSA) is 98.3 Å². The van der Waals surface area contributed by atoms with E-state index in [9.17, 15) is 9.90 Å². The van der Waals surface area contributed by atoms with Gasteiger partial charge in [-0.15, -0.1) is 0 Å². The van der Waals surface area contributed by atoms with Crippen molar-refractivity contribution < 1.29 is 14.6 Å². The van der Waals surface area contributed by atoms with Crippen molar-refractivity contribution in [3.8, 4) is 0 Å². The fourth-order valence-corrected chi connectivity index (χ4v) is 2.07. The lowest BCUT2D eigenvalue weighted by Crippen LogP contribution is -2.26. The minimum absolute atomic E-state index is 0.0899. The second-order valence-corrected chi connectivity index (χ2v) is 5.25. The molecule has 0 fully saturated rings. The number of esters is 1. The van der Waals surface area contributed by atoms with Gasteiger partial charge in [-0.2, -0.15) is 0 Å². The first-order valence-electron chi connectivity index (χ1n) is 6.04. The number of carbonyl (C=O) groups is 1. The molecule has 0 saturated heterocycles. The van der Waals surface area contributed by atoms with Gasteiger partial charge in [-0.3, -0.25) is 0 Å². The Morgan fingerprint density at radius 1 is 1.58 bits per heavy atom. The van der Waals surface area contributed by atoms with Gasteiger partial charge < -0.3 is 15.6 Å². The molecule has 0 aromatic carbocycles. The Balaban J connectivity index is 2.74. The van der Waals surface area contributed by atoms with E-state index in [0.29, 0.717) is 17.3 Å². The van der Waals surface area contributed by atoms with E-state index in [2.05, 4.69) is 9.97 Å². The van der Waals surface area contributed by atoms with Crippen LogP contribution in [0.15, 0.2) is 11.4 Å². The third-order valence-corrected chi connectivity index (χ3v) is 3.79. The summed E-state index contributed by atoms with van der Waals surface area (Å²) in [4.78, 5) is 19.6. The molecule has 1 aromatic heterocycles. The van der Waals surface area contributed by atoms with Gasteiger partial charge in [-0.05, 0) is 20.3 Å². The summed E-state index contributed by atoms with van der Waals surface area (Å²) in [5, 5.41) is 10.3. The van der Waals surface area contributed by atoms with Crippen LogP contribution in [0.4, 0.5) is 5.82 Å². The van der Waals surface area contributed by atoms with Crippen LogP contribution in [0.5, 0.6) is 0 Å². The maximum absolute atomic E-state index is 11.5. The molecule has 0 bridgehead atoms. The van der Waals surface area contributed by atoms with E-state index in [0.717, 1.165) is 0 Å². The van der Waals surface area contributed by atoms with Gasteiger partial charge >= 0.3 is 5.97 Å². The highest BCUT2D eigenvalue weighted by molar-refractivity contribution is 7.99. The van der Waals surface area contributed by atoms with E-state index in [4.69, 9.17) is 10.5 Å². The van der Waals surface area contributed by atoms with Crippen molar-refractivity contribution in [2.45, 2.75) is 37.9 Å². The Morgan fingerprint density at radius 2 is 2.26 bits per heavy atom. The monoisotopic (exact) mass is 285 g/mol. The van der Waals surface area contributed by atoms with E-state index >= 15 is 0 Å². The van der Waals surface area contributed by atoms with E-state index in [1.165, 1.54) is 18.0 Å². The minimum Gasteiger partial charge on any atom is -0.462 e. The highest BCUT2D eigenvalue weighted by Crippen LogP contribution is 2.22. The maximum atomic E-state index is 11.5. The van der Waals surface area contributed by atoms with Crippen LogP contribution in [0, 0.1) is 0 Å². The van der Waals surface area contributed by atoms with Gasteiger partial charge in [0.25, 0.3) is 0 Å². The molecule has 0 saturated carbocycles.